The van der Waals surface area contributed by atoms with E-state index >= 15 is 0 Å². The number of nitro groups is 1. The Morgan fingerprint density at radius 1 is 1.48 bits per heavy atom. The van der Waals surface area contributed by atoms with Crippen molar-refractivity contribution in [2.45, 2.75) is 32.7 Å². The van der Waals surface area contributed by atoms with Crippen LogP contribution in [0.5, 0.6) is 0 Å². The minimum Gasteiger partial charge on any atom is -0.370 e. The summed E-state index contributed by atoms with van der Waals surface area (Å²) < 4.78 is 0. The largest absolute Gasteiger partial charge is 0.370 e. The summed E-state index contributed by atoms with van der Waals surface area (Å²) in [5.74, 6) is 2.17. The van der Waals surface area contributed by atoms with Crippen LogP contribution in [0.3, 0.4) is 0 Å². The molecule has 6 nitrogen and oxygen atoms in total. The second-order valence-corrected chi connectivity index (χ2v) is 5.79. The molecule has 1 heterocycles. The second kappa shape index (κ2) is 8.71. The van der Waals surface area contributed by atoms with Gasteiger partial charge in [0.1, 0.15) is 11.6 Å². The minimum atomic E-state index is -0.369. The monoisotopic (exact) mass is 312 g/mol. The van der Waals surface area contributed by atoms with Gasteiger partial charge in [-0.2, -0.15) is 11.8 Å². The first-order valence-electron chi connectivity index (χ1n) is 7.15. The maximum Gasteiger partial charge on any atom is 0.276 e. The smallest absolute Gasteiger partial charge is 0.276 e. The van der Waals surface area contributed by atoms with Crippen molar-refractivity contribution in [1.29, 1.82) is 0 Å². The van der Waals surface area contributed by atoms with Crippen LogP contribution in [0, 0.1) is 10.1 Å². The van der Waals surface area contributed by atoms with E-state index in [0.717, 1.165) is 25.1 Å². The molecule has 0 aliphatic rings. The van der Waals surface area contributed by atoms with Crippen molar-refractivity contribution in [3.05, 3.63) is 22.2 Å². The number of hydrogen-bond donors (Lipinski definition) is 1. The molecule has 0 radical (unpaired) electrons. The van der Waals surface area contributed by atoms with Crippen LogP contribution in [0.15, 0.2) is 12.1 Å². The fourth-order valence-corrected chi connectivity index (χ4v) is 2.86. The lowest BCUT2D eigenvalue weighted by atomic mass is 10.2. The van der Waals surface area contributed by atoms with E-state index in [0.29, 0.717) is 17.7 Å². The molecular weight excluding hydrogens is 288 g/mol. The predicted octanol–water partition coefficient (Wildman–Crippen LogP) is 3.39. The van der Waals surface area contributed by atoms with E-state index in [1.807, 2.05) is 18.9 Å². The number of nitrogens with zero attached hydrogens (tertiary/aromatic N) is 3. The van der Waals surface area contributed by atoms with E-state index in [1.165, 1.54) is 6.07 Å². The Balaban J connectivity index is 3.08. The molecule has 1 N–H and O–H groups in total. The number of aromatic nitrogens is 1. The lowest BCUT2D eigenvalue weighted by Gasteiger charge is -2.28. The van der Waals surface area contributed by atoms with Gasteiger partial charge in [-0.25, -0.2) is 4.98 Å². The normalized spacial score (nSPS) is 12.0. The van der Waals surface area contributed by atoms with Crippen LogP contribution < -0.4 is 10.2 Å². The van der Waals surface area contributed by atoms with Gasteiger partial charge in [0.15, 0.2) is 0 Å². The molecule has 1 unspecified atom stereocenters. The van der Waals surface area contributed by atoms with Gasteiger partial charge < -0.3 is 10.2 Å². The fourth-order valence-electron chi connectivity index (χ4n) is 2.01. The number of rotatable bonds is 9. The maximum atomic E-state index is 11.1. The van der Waals surface area contributed by atoms with E-state index in [2.05, 4.69) is 23.5 Å². The van der Waals surface area contributed by atoms with Gasteiger partial charge in [-0.1, -0.05) is 13.8 Å². The van der Waals surface area contributed by atoms with Crippen molar-refractivity contribution in [3.8, 4) is 0 Å². The first-order valence-corrected chi connectivity index (χ1v) is 8.54. The lowest BCUT2D eigenvalue weighted by Crippen LogP contribution is -2.33. The van der Waals surface area contributed by atoms with Crippen molar-refractivity contribution in [3.63, 3.8) is 0 Å². The molecule has 0 amide bonds. The molecule has 0 fully saturated rings. The Morgan fingerprint density at radius 2 is 2.19 bits per heavy atom. The minimum absolute atomic E-state index is 0.0736. The standard InChI is InChI=1S/C14H24N4O2S/c1-5-7-15-13-8-12(18(19)20)9-14(16-13)17(3)11(6-2)10-21-4/h8-9,11H,5-7,10H2,1-4H3,(H,15,16). The van der Waals surface area contributed by atoms with Crippen LogP contribution >= 0.6 is 11.8 Å². The Hall–Kier alpha value is -1.50. The van der Waals surface area contributed by atoms with Crippen LogP contribution in [0.4, 0.5) is 17.3 Å². The third-order valence-electron chi connectivity index (χ3n) is 3.30. The average Bonchev–Trinajstić information content (AvgIpc) is 2.49. The topological polar surface area (TPSA) is 71.3 Å². The highest BCUT2D eigenvalue weighted by Crippen LogP contribution is 2.25. The zero-order valence-corrected chi connectivity index (χ0v) is 13.9. The summed E-state index contributed by atoms with van der Waals surface area (Å²) in [6.45, 7) is 4.91. The summed E-state index contributed by atoms with van der Waals surface area (Å²) in [6.07, 6.45) is 3.98. The zero-order chi connectivity index (χ0) is 15.8. The molecule has 1 aromatic rings. The van der Waals surface area contributed by atoms with Gasteiger partial charge in [0.2, 0.25) is 0 Å². The van der Waals surface area contributed by atoms with E-state index in [4.69, 9.17) is 0 Å². The van der Waals surface area contributed by atoms with Crippen molar-refractivity contribution in [2.75, 3.05) is 35.8 Å². The Bertz CT molecular complexity index is 470. The highest BCUT2D eigenvalue weighted by Gasteiger charge is 2.18. The number of anilines is 2. The summed E-state index contributed by atoms with van der Waals surface area (Å²) in [4.78, 5) is 17.3. The van der Waals surface area contributed by atoms with E-state index < -0.39 is 0 Å². The first kappa shape index (κ1) is 17.6. The Labute approximate surface area is 130 Å². The van der Waals surface area contributed by atoms with Crippen molar-refractivity contribution in [2.24, 2.45) is 0 Å². The van der Waals surface area contributed by atoms with Gasteiger partial charge in [0.25, 0.3) is 5.69 Å². The van der Waals surface area contributed by atoms with Crippen molar-refractivity contribution in [1.82, 2.24) is 4.98 Å². The molecule has 0 bridgehead atoms. The number of hydrogen-bond acceptors (Lipinski definition) is 6. The maximum absolute atomic E-state index is 11.1. The van der Waals surface area contributed by atoms with Gasteiger partial charge >= 0.3 is 0 Å². The molecular formula is C14H24N4O2S. The molecule has 1 aromatic heterocycles. The highest BCUT2D eigenvalue weighted by atomic mass is 32.2. The van der Waals surface area contributed by atoms with Gasteiger partial charge in [0, 0.05) is 25.4 Å². The summed E-state index contributed by atoms with van der Waals surface area (Å²) in [5.41, 5.74) is 0.0736. The van der Waals surface area contributed by atoms with Crippen LogP contribution in [0.2, 0.25) is 0 Å². The summed E-state index contributed by atoms with van der Waals surface area (Å²) in [5, 5.41) is 14.2. The molecule has 0 spiro atoms. The van der Waals surface area contributed by atoms with Crippen LogP contribution in [0.1, 0.15) is 26.7 Å². The Kier molecular flexibility index (Phi) is 7.28. The molecule has 7 heteroatoms. The fraction of sp³-hybridized carbons (Fsp3) is 0.643. The van der Waals surface area contributed by atoms with Gasteiger partial charge in [0.05, 0.1) is 17.1 Å². The SMILES string of the molecule is CCCNc1cc([N+](=O)[O-])cc(N(C)C(CC)CSC)n1. The van der Waals surface area contributed by atoms with Gasteiger partial charge in [-0.15, -0.1) is 0 Å². The Morgan fingerprint density at radius 3 is 2.71 bits per heavy atom. The second-order valence-electron chi connectivity index (χ2n) is 4.88. The van der Waals surface area contributed by atoms with Gasteiger partial charge in [-0.3, -0.25) is 10.1 Å². The molecule has 1 atom stereocenters. The van der Waals surface area contributed by atoms with E-state index in [1.54, 1.807) is 17.8 Å². The van der Waals surface area contributed by atoms with Crippen molar-refractivity contribution >= 4 is 29.1 Å². The van der Waals surface area contributed by atoms with Crippen LogP contribution in [-0.2, 0) is 0 Å². The highest BCUT2D eigenvalue weighted by molar-refractivity contribution is 7.98. The number of pyridine rings is 1. The molecule has 0 aliphatic heterocycles. The summed E-state index contributed by atoms with van der Waals surface area (Å²) >= 11 is 1.77. The zero-order valence-electron chi connectivity index (χ0n) is 13.1. The average molecular weight is 312 g/mol. The molecule has 0 aliphatic carbocycles. The lowest BCUT2D eigenvalue weighted by molar-refractivity contribution is -0.384. The summed E-state index contributed by atoms with van der Waals surface area (Å²) in [7, 11) is 1.94. The third-order valence-corrected chi connectivity index (χ3v) is 4.02. The van der Waals surface area contributed by atoms with E-state index in [-0.39, 0.29) is 10.6 Å². The summed E-state index contributed by atoms with van der Waals surface area (Å²) in [6, 6.07) is 3.34. The van der Waals surface area contributed by atoms with Crippen molar-refractivity contribution < 1.29 is 4.92 Å². The predicted molar refractivity (Wildman–Crippen MR) is 90.5 cm³/mol. The molecule has 0 aromatic carbocycles. The van der Waals surface area contributed by atoms with Crippen LogP contribution in [0.25, 0.3) is 0 Å². The molecule has 0 saturated heterocycles. The third kappa shape index (κ3) is 5.08. The quantitative estimate of drug-likeness (QED) is 0.556. The molecule has 118 valence electrons. The van der Waals surface area contributed by atoms with Gasteiger partial charge in [-0.05, 0) is 19.1 Å². The number of nitrogens with one attached hydrogen (secondary N) is 1. The number of thioether (sulfide) groups is 1. The van der Waals surface area contributed by atoms with Crippen LogP contribution in [-0.4, -0.2) is 41.6 Å². The first-order chi connectivity index (χ1) is 10.0. The molecule has 21 heavy (non-hydrogen) atoms. The molecule has 0 saturated carbocycles. The molecule has 1 rings (SSSR count). The van der Waals surface area contributed by atoms with E-state index in [9.17, 15) is 10.1 Å².